The summed E-state index contributed by atoms with van der Waals surface area (Å²) >= 11 is 1.75. The molecular weight excluding hydrogens is 246 g/mol. The van der Waals surface area contributed by atoms with Crippen molar-refractivity contribution < 1.29 is 4.74 Å². The SMILES string of the molecule is C=CCCOCCN=C(N)NCCc1cccs1. The van der Waals surface area contributed by atoms with Crippen LogP contribution in [0.15, 0.2) is 35.2 Å². The van der Waals surface area contributed by atoms with Crippen molar-refractivity contribution in [3.8, 4) is 0 Å². The van der Waals surface area contributed by atoms with Gasteiger partial charge in [0.05, 0.1) is 19.8 Å². The number of aliphatic imine (C=N–C) groups is 1. The number of hydrogen-bond donors (Lipinski definition) is 2. The summed E-state index contributed by atoms with van der Waals surface area (Å²) in [6.45, 7) is 6.33. The van der Waals surface area contributed by atoms with Gasteiger partial charge in [-0.2, -0.15) is 0 Å². The highest BCUT2D eigenvalue weighted by Gasteiger charge is 1.94. The maximum absolute atomic E-state index is 5.72. The molecule has 0 unspecified atom stereocenters. The molecular formula is C13H21N3OS. The summed E-state index contributed by atoms with van der Waals surface area (Å²) in [6.07, 6.45) is 3.69. The summed E-state index contributed by atoms with van der Waals surface area (Å²) in [5, 5.41) is 5.16. The van der Waals surface area contributed by atoms with Gasteiger partial charge in [0.15, 0.2) is 5.96 Å². The molecule has 100 valence electrons. The van der Waals surface area contributed by atoms with E-state index in [0.717, 1.165) is 19.4 Å². The summed E-state index contributed by atoms with van der Waals surface area (Å²) < 4.78 is 5.33. The highest BCUT2D eigenvalue weighted by Crippen LogP contribution is 2.07. The van der Waals surface area contributed by atoms with E-state index in [9.17, 15) is 0 Å². The molecule has 0 amide bonds. The molecule has 18 heavy (non-hydrogen) atoms. The van der Waals surface area contributed by atoms with Crippen molar-refractivity contribution in [2.45, 2.75) is 12.8 Å². The predicted octanol–water partition coefficient (Wildman–Crippen LogP) is 1.79. The summed E-state index contributed by atoms with van der Waals surface area (Å²) in [5.41, 5.74) is 5.72. The van der Waals surface area contributed by atoms with E-state index in [-0.39, 0.29) is 0 Å². The van der Waals surface area contributed by atoms with Crippen LogP contribution in [0, 0.1) is 0 Å². The molecule has 1 aromatic rings. The number of nitrogens with one attached hydrogen (secondary N) is 1. The number of rotatable bonds is 9. The van der Waals surface area contributed by atoms with Crippen LogP contribution >= 0.6 is 11.3 Å². The topological polar surface area (TPSA) is 59.6 Å². The van der Waals surface area contributed by atoms with Gasteiger partial charge in [0.2, 0.25) is 0 Å². The van der Waals surface area contributed by atoms with Crippen molar-refractivity contribution in [1.82, 2.24) is 5.32 Å². The van der Waals surface area contributed by atoms with Gasteiger partial charge >= 0.3 is 0 Å². The molecule has 0 spiro atoms. The van der Waals surface area contributed by atoms with Crippen LogP contribution in [0.25, 0.3) is 0 Å². The lowest BCUT2D eigenvalue weighted by Gasteiger charge is -2.04. The van der Waals surface area contributed by atoms with Crippen molar-refractivity contribution in [3.63, 3.8) is 0 Å². The second-order valence-electron chi connectivity index (χ2n) is 3.71. The lowest BCUT2D eigenvalue weighted by molar-refractivity contribution is 0.146. The maximum atomic E-state index is 5.72. The fourth-order valence-corrected chi connectivity index (χ4v) is 2.03. The average Bonchev–Trinajstić information content (AvgIpc) is 2.87. The Balaban J connectivity index is 2.01. The van der Waals surface area contributed by atoms with E-state index < -0.39 is 0 Å². The molecule has 5 heteroatoms. The van der Waals surface area contributed by atoms with Crippen LogP contribution in [0.5, 0.6) is 0 Å². The molecule has 0 atom stereocenters. The van der Waals surface area contributed by atoms with E-state index >= 15 is 0 Å². The number of ether oxygens (including phenoxy) is 1. The van der Waals surface area contributed by atoms with Crippen LogP contribution in [0.3, 0.4) is 0 Å². The van der Waals surface area contributed by atoms with Crippen molar-refractivity contribution >= 4 is 17.3 Å². The monoisotopic (exact) mass is 267 g/mol. The quantitative estimate of drug-likeness (QED) is 0.310. The third-order valence-corrected chi connectivity index (χ3v) is 3.18. The molecule has 0 aliphatic carbocycles. The zero-order valence-corrected chi connectivity index (χ0v) is 11.4. The molecule has 0 aliphatic rings. The molecule has 0 radical (unpaired) electrons. The lowest BCUT2D eigenvalue weighted by Crippen LogP contribution is -2.33. The minimum atomic E-state index is 0.485. The van der Waals surface area contributed by atoms with E-state index in [4.69, 9.17) is 10.5 Å². The van der Waals surface area contributed by atoms with Crippen LogP contribution < -0.4 is 11.1 Å². The maximum Gasteiger partial charge on any atom is 0.188 e. The Labute approximate surface area is 113 Å². The second-order valence-corrected chi connectivity index (χ2v) is 4.75. The third kappa shape index (κ3) is 7.09. The van der Waals surface area contributed by atoms with Gasteiger partial charge in [-0.25, -0.2) is 0 Å². The molecule has 0 fully saturated rings. The number of nitrogens with zero attached hydrogens (tertiary/aromatic N) is 1. The summed E-state index contributed by atoms with van der Waals surface area (Å²) in [4.78, 5) is 5.53. The van der Waals surface area contributed by atoms with Crippen molar-refractivity contribution in [3.05, 3.63) is 35.0 Å². The van der Waals surface area contributed by atoms with Gasteiger partial charge in [0.1, 0.15) is 0 Å². The van der Waals surface area contributed by atoms with E-state index in [1.165, 1.54) is 4.88 Å². The summed E-state index contributed by atoms with van der Waals surface area (Å²) in [5.74, 6) is 0.485. The van der Waals surface area contributed by atoms with Gasteiger partial charge in [-0.05, 0) is 24.3 Å². The van der Waals surface area contributed by atoms with Crippen LogP contribution in [0.1, 0.15) is 11.3 Å². The number of guanidine groups is 1. The number of hydrogen-bond acceptors (Lipinski definition) is 3. The largest absolute Gasteiger partial charge is 0.379 e. The van der Waals surface area contributed by atoms with Gasteiger partial charge in [-0.3, -0.25) is 4.99 Å². The van der Waals surface area contributed by atoms with Gasteiger partial charge in [0.25, 0.3) is 0 Å². The van der Waals surface area contributed by atoms with Gasteiger partial charge in [0, 0.05) is 11.4 Å². The van der Waals surface area contributed by atoms with Gasteiger partial charge < -0.3 is 15.8 Å². The van der Waals surface area contributed by atoms with Crippen LogP contribution in [-0.4, -0.2) is 32.3 Å². The Bertz CT molecular complexity index is 349. The molecule has 3 N–H and O–H groups in total. The van der Waals surface area contributed by atoms with E-state index in [1.54, 1.807) is 11.3 Å². The van der Waals surface area contributed by atoms with Crippen molar-refractivity contribution in [1.29, 1.82) is 0 Å². The van der Waals surface area contributed by atoms with Crippen LogP contribution in [0.4, 0.5) is 0 Å². The lowest BCUT2D eigenvalue weighted by atomic mass is 10.3. The molecule has 0 aliphatic heterocycles. The molecule has 0 saturated carbocycles. The fourth-order valence-electron chi connectivity index (χ4n) is 1.32. The molecule has 0 aromatic carbocycles. The molecule has 1 rings (SSSR count). The van der Waals surface area contributed by atoms with E-state index in [0.29, 0.717) is 25.7 Å². The first kappa shape index (κ1) is 14.7. The fraction of sp³-hybridized carbons (Fsp3) is 0.462. The first-order valence-electron chi connectivity index (χ1n) is 6.07. The molecule has 1 aromatic heterocycles. The first-order valence-corrected chi connectivity index (χ1v) is 6.95. The molecule has 0 saturated heterocycles. The van der Waals surface area contributed by atoms with Crippen LogP contribution in [-0.2, 0) is 11.2 Å². The Hall–Kier alpha value is -1.33. The average molecular weight is 267 g/mol. The predicted molar refractivity (Wildman–Crippen MR) is 78.1 cm³/mol. The zero-order valence-electron chi connectivity index (χ0n) is 10.6. The minimum absolute atomic E-state index is 0.485. The third-order valence-electron chi connectivity index (χ3n) is 2.24. The Kier molecular flexibility index (Phi) is 7.92. The van der Waals surface area contributed by atoms with Crippen molar-refractivity contribution in [2.75, 3.05) is 26.3 Å². The number of nitrogens with two attached hydrogens (primary N) is 1. The highest BCUT2D eigenvalue weighted by molar-refractivity contribution is 7.09. The Morgan fingerprint density at radius 3 is 3.17 bits per heavy atom. The van der Waals surface area contributed by atoms with Crippen LogP contribution in [0.2, 0.25) is 0 Å². The Morgan fingerprint density at radius 1 is 1.56 bits per heavy atom. The highest BCUT2D eigenvalue weighted by atomic mass is 32.1. The van der Waals surface area contributed by atoms with E-state index in [2.05, 4.69) is 34.4 Å². The second kappa shape index (κ2) is 9.67. The normalized spacial score (nSPS) is 11.4. The van der Waals surface area contributed by atoms with Crippen molar-refractivity contribution in [2.24, 2.45) is 10.7 Å². The summed E-state index contributed by atoms with van der Waals surface area (Å²) in [7, 11) is 0. The zero-order chi connectivity index (χ0) is 13.1. The Morgan fingerprint density at radius 2 is 2.44 bits per heavy atom. The number of thiophene rings is 1. The first-order chi connectivity index (χ1) is 8.83. The summed E-state index contributed by atoms with van der Waals surface area (Å²) in [6, 6.07) is 4.17. The van der Waals surface area contributed by atoms with Gasteiger partial charge in [-0.15, -0.1) is 17.9 Å². The smallest absolute Gasteiger partial charge is 0.188 e. The molecule has 4 nitrogen and oxygen atoms in total. The van der Waals surface area contributed by atoms with Gasteiger partial charge in [-0.1, -0.05) is 12.1 Å². The minimum Gasteiger partial charge on any atom is -0.379 e. The standard InChI is InChI=1S/C13H21N3OS/c1-2-3-9-17-10-8-16-13(14)15-7-6-12-5-4-11-18-12/h2,4-5,11H,1,3,6-10H2,(H3,14,15,16). The molecule has 1 heterocycles. The van der Waals surface area contributed by atoms with E-state index in [1.807, 2.05) is 6.08 Å². The molecule has 0 bridgehead atoms.